The first-order valence-corrected chi connectivity index (χ1v) is 11.7. The Morgan fingerprint density at radius 1 is 1.21 bits per heavy atom. The number of carbonyl (C=O) groups is 1. The van der Waals surface area contributed by atoms with Gasteiger partial charge in [-0.1, -0.05) is 12.1 Å². The molecule has 2 aromatic carbocycles. The summed E-state index contributed by atoms with van der Waals surface area (Å²) in [6.07, 6.45) is 3.90. The van der Waals surface area contributed by atoms with Crippen LogP contribution in [0.3, 0.4) is 0 Å². The molecule has 1 N–H and O–H groups in total. The van der Waals surface area contributed by atoms with Crippen LogP contribution >= 0.6 is 11.3 Å². The lowest BCUT2D eigenvalue weighted by Gasteiger charge is -2.09. The van der Waals surface area contributed by atoms with Gasteiger partial charge in [0.1, 0.15) is 22.5 Å². The molecule has 170 valence electrons. The lowest BCUT2D eigenvalue weighted by Crippen LogP contribution is -2.21. The lowest BCUT2D eigenvalue weighted by molar-refractivity contribution is 0.102. The highest BCUT2D eigenvalue weighted by Gasteiger charge is 2.22. The van der Waals surface area contributed by atoms with Gasteiger partial charge in [0, 0.05) is 16.0 Å². The zero-order chi connectivity index (χ0) is 23.7. The smallest absolute Gasteiger partial charge is 0.261 e. The lowest BCUT2D eigenvalue weighted by atomic mass is 9.96. The Hall–Kier alpha value is -3.96. The number of amides is 1. The molecule has 0 saturated heterocycles. The van der Waals surface area contributed by atoms with Crippen molar-refractivity contribution in [2.24, 2.45) is 4.99 Å². The molecule has 0 atom stereocenters. The average Bonchev–Trinajstić information content (AvgIpc) is 3.21. The van der Waals surface area contributed by atoms with Gasteiger partial charge in [-0.05, 0) is 67.6 Å². The third kappa shape index (κ3) is 4.06. The van der Waals surface area contributed by atoms with Crippen molar-refractivity contribution in [3.05, 3.63) is 81.5 Å². The zero-order valence-electron chi connectivity index (χ0n) is 18.4. The molecule has 1 aliphatic rings. The summed E-state index contributed by atoms with van der Waals surface area (Å²) in [5.74, 6) is -0.351. The summed E-state index contributed by atoms with van der Waals surface area (Å²) in [6, 6.07) is 14.8. The molecule has 0 radical (unpaired) electrons. The van der Waals surface area contributed by atoms with Crippen LogP contribution in [0.5, 0.6) is 5.75 Å². The molecular formula is C26H20FN3O3S. The van der Waals surface area contributed by atoms with E-state index in [9.17, 15) is 14.4 Å². The topological polar surface area (TPSA) is 87.6 Å². The minimum absolute atomic E-state index is 0.0757. The van der Waals surface area contributed by atoms with Gasteiger partial charge in [-0.15, -0.1) is 11.3 Å². The first-order chi connectivity index (χ1) is 16.6. The van der Waals surface area contributed by atoms with Crippen LogP contribution in [0, 0.1) is 17.1 Å². The predicted octanol–water partition coefficient (Wildman–Crippen LogP) is 5.88. The van der Waals surface area contributed by atoms with Crippen molar-refractivity contribution in [1.29, 1.82) is 5.26 Å². The quantitative estimate of drug-likeness (QED) is 0.401. The summed E-state index contributed by atoms with van der Waals surface area (Å²) >= 11 is 1.47. The maximum absolute atomic E-state index is 13.3. The van der Waals surface area contributed by atoms with Crippen molar-refractivity contribution in [1.82, 2.24) is 0 Å². The summed E-state index contributed by atoms with van der Waals surface area (Å²) in [5.41, 5.74) is 2.74. The SMILES string of the molecule is COc1cccc2cc(C(=O)Nc3ccc(F)cc3)/c(=N/c3sc4c(c3C#N)CCCC4)oc12. The van der Waals surface area contributed by atoms with Crippen molar-refractivity contribution >= 4 is 38.9 Å². The van der Waals surface area contributed by atoms with Crippen LogP contribution in [0.15, 0.2) is 57.9 Å². The van der Waals surface area contributed by atoms with Crippen LogP contribution in [0.4, 0.5) is 15.1 Å². The van der Waals surface area contributed by atoms with E-state index in [0.717, 1.165) is 36.1 Å². The number of hydrogen-bond donors (Lipinski definition) is 1. The number of thiophene rings is 1. The van der Waals surface area contributed by atoms with Gasteiger partial charge in [0.25, 0.3) is 5.91 Å². The number of aryl methyl sites for hydroxylation is 1. The molecule has 0 saturated carbocycles. The highest BCUT2D eigenvalue weighted by atomic mass is 32.1. The minimum atomic E-state index is -0.460. The molecule has 2 aromatic heterocycles. The fourth-order valence-electron chi connectivity index (χ4n) is 4.10. The molecule has 0 bridgehead atoms. The van der Waals surface area contributed by atoms with Gasteiger partial charge in [0.05, 0.1) is 12.7 Å². The standard InChI is InChI=1S/C26H20FN3O3S/c1-32-21-7-4-5-15-13-19(24(31)29-17-11-9-16(27)10-12-17)25(33-23(15)21)30-26-20(14-28)18-6-2-3-8-22(18)34-26/h4-5,7,9-13H,2-3,6,8H2,1H3,(H,29,31)/b30-25-. The molecule has 0 aliphatic heterocycles. The fourth-order valence-corrected chi connectivity index (χ4v) is 5.31. The monoisotopic (exact) mass is 473 g/mol. The number of halogens is 1. The molecule has 0 spiro atoms. The van der Waals surface area contributed by atoms with Crippen molar-refractivity contribution < 1.29 is 18.3 Å². The van der Waals surface area contributed by atoms with Crippen molar-refractivity contribution in [2.45, 2.75) is 25.7 Å². The minimum Gasteiger partial charge on any atom is -0.493 e. The molecule has 0 fully saturated rings. The number of rotatable bonds is 4. The number of carbonyl (C=O) groups excluding carboxylic acids is 1. The van der Waals surface area contributed by atoms with Crippen LogP contribution in [0.1, 0.15) is 39.2 Å². The van der Waals surface area contributed by atoms with Crippen LogP contribution in [-0.2, 0) is 12.8 Å². The summed E-state index contributed by atoms with van der Waals surface area (Å²) in [6.45, 7) is 0. The van der Waals surface area contributed by atoms with Crippen molar-refractivity contribution in [3.63, 3.8) is 0 Å². The van der Waals surface area contributed by atoms with E-state index in [2.05, 4.69) is 16.4 Å². The number of para-hydroxylation sites is 1. The first kappa shape index (κ1) is 21.9. The third-order valence-corrected chi connectivity index (χ3v) is 6.96. The number of hydrogen-bond acceptors (Lipinski definition) is 6. The molecule has 5 rings (SSSR count). The second-order valence-electron chi connectivity index (χ2n) is 7.92. The van der Waals surface area contributed by atoms with Gasteiger partial charge in [-0.2, -0.15) is 5.26 Å². The van der Waals surface area contributed by atoms with E-state index in [-0.39, 0.29) is 11.1 Å². The number of nitriles is 1. The first-order valence-electron chi connectivity index (χ1n) is 10.8. The molecule has 6 nitrogen and oxygen atoms in total. The van der Waals surface area contributed by atoms with Crippen LogP contribution in [0.2, 0.25) is 0 Å². The van der Waals surface area contributed by atoms with E-state index in [1.165, 1.54) is 42.7 Å². The van der Waals surface area contributed by atoms with Gasteiger partial charge in [0.2, 0.25) is 5.55 Å². The van der Waals surface area contributed by atoms with Crippen molar-refractivity contribution in [3.8, 4) is 11.8 Å². The van der Waals surface area contributed by atoms with Crippen molar-refractivity contribution in [2.75, 3.05) is 12.4 Å². The molecule has 8 heteroatoms. The number of fused-ring (bicyclic) bond motifs is 2. The molecule has 1 amide bonds. The fraction of sp³-hybridized carbons (Fsp3) is 0.192. The van der Waals surface area contributed by atoms with Gasteiger partial charge < -0.3 is 14.5 Å². The van der Waals surface area contributed by atoms with Crippen LogP contribution < -0.4 is 15.6 Å². The van der Waals surface area contributed by atoms with E-state index in [1.807, 2.05) is 6.07 Å². The summed E-state index contributed by atoms with van der Waals surface area (Å²) in [5, 5.41) is 13.8. The highest BCUT2D eigenvalue weighted by Crippen LogP contribution is 2.39. The summed E-state index contributed by atoms with van der Waals surface area (Å²) < 4.78 is 24.8. The third-order valence-electron chi connectivity index (χ3n) is 5.77. The molecule has 4 aromatic rings. The Morgan fingerprint density at radius 2 is 2.00 bits per heavy atom. The van der Waals surface area contributed by atoms with Gasteiger partial charge in [0.15, 0.2) is 11.3 Å². The van der Waals surface area contributed by atoms with Gasteiger partial charge in [-0.3, -0.25) is 4.79 Å². The number of nitrogens with zero attached hydrogens (tertiary/aromatic N) is 2. The van der Waals surface area contributed by atoms with E-state index < -0.39 is 11.7 Å². The molecule has 0 unspecified atom stereocenters. The van der Waals surface area contributed by atoms with E-state index in [0.29, 0.717) is 33.0 Å². The Kier molecular flexibility index (Phi) is 5.86. The molecular weight excluding hydrogens is 453 g/mol. The van der Waals surface area contributed by atoms with Crippen LogP contribution in [-0.4, -0.2) is 13.0 Å². The average molecular weight is 474 g/mol. The largest absolute Gasteiger partial charge is 0.493 e. The van der Waals surface area contributed by atoms with E-state index >= 15 is 0 Å². The number of ether oxygens (including phenoxy) is 1. The maximum Gasteiger partial charge on any atom is 0.261 e. The van der Waals surface area contributed by atoms with E-state index in [1.54, 1.807) is 18.2 Å². The predicted molar refractivity (Wildman–Crippen MR) is 128 cm³/mol. The summed E-state index contributed by atoms with van der Waals surface area (Å²) in [7, 11) is 1.54. The van der Waals surface area contributed by atoms with Crippen LogP contribution in [0.25, 0.3) is 11.0 Å². The second kappa shape index (κ2) is 9.12. The zero-order valence-corrected chi connectivity index (χ0v) is 19.2. The molecule has 2 heterocycles. The highest BCUT2D eigenvalue weighted by molar-refractivity contribution is 7.16. The number of methoxy groups -OCH3 is 1. The van der Waals surface area contributed by atoms with E-state index in [4.69, 9.17) is 9.15 Å². The Balaban J connectivity index is 1.69. The maximum atomic E-state index is 13.3. The number of benzene rings is 2. The molecule has 1 aliphatic carbocycles. The Labute approximate surface area is 198 Å². The van der Waals surface area contributed by atoms with Gasteiger partial charge in [-0.25, -0.2) is 9.38 Å². The number of anilines is 1. The van der Waals surface area contributed by atoms with Gasteiger partial charge >= 0.3 is 0 Å². The normalized spacial score (nSPS) is 13.4. The number of nitrogens with one attached hydrogen (secondary N) is 1. The molecule has 34 heavy (non-hydrogen) atoms. The second-order valence-corrected chi connectivity index (χ2v) is 9.00. The summed E-state index contributed by atoms with van der Waals surface area (Å²) in [4.78, 5) is 19.1. The Morgan fingerprint density at radius 3 is 2.76 bits per heavy atom. The Bertz CT molecular complexity index is 1510.